The Kier molecular flexibility index (Phi) is 10.6. The Balaban J connectivity index is 1.56. The summed E-state index contributed by atoms with van der Waals surface area (Å²) in [5.41, 5.74) is -0.647. The van der Waals surface area contributed by atoms with E-state index in [0.29, 0.717) is 32.2 Å². The summed E-state index contributed by atoms with van der Waals surface area (Å²) >= 11 is 0. The predicted octanol–water partition coefficient (Wildman–Crippen LogP) is 2.64. The third-order valence-electron chi connectivity index (χ3n) is 8.62. The lowest BCUT2D eigenvalue weighted by atomic mass is 9.81. The average Bonchev–Trinajstić information content (AvgIpc) is 3.61. The molecule has 2 heterocycles. The molecule has 4 rings (SSSR count). The Bertz CT molecular complexity index is 1210. The first kappa shape index (κ1) is 33.0. The molecule has 236 valence electrons. The molecule has 4 atom stereocenters. The summed E-state index contributed by atoms with van der Waals surface area (Å²) in [6.45, 7) is 5.99. The van der Waals surface area contributed by atoms with Crippen LogP contribution in [0.2, 0.25) is 0 Å². The zero-order valence-electron chi connectivity index (χ0n) is 24.9. The van der Waals surface area contributed by atoms with Crippen LogP contribution in [0.3, 0.4) is 0 Å². The molecule has 3 aliphatic rings. The molecule has 1 saturated carbocycles. The van der Waals surface area contributed by atoms with E-state index < -0.39 is 46.7 Å². The van der Waals surface area contributed by atoms with Crippen LogP contribution in [0.25, 0.3) is 0 Å². The van der Waals surface area contributed by atoms with Crippen molar-refractivity contribution in [2.45, 2.75) is 83.3 Å². The highest BCUT2D eigenvalue weighted by atomic mass is 33.1. The maximum absolute atomic E-state index is 14.0. The maximum Gasteiger partial charge on any atom is 0.327 e. The fourth-order valence-electron chi connectivity index (χ4n) is 6.19. The first-order chi connectivity index (χ1) is 20.3. The second kappa shape index (κ2) is 13.8. The number of nitrogens with zero attached hydrogens (tertiary/aromatic N) is 1. The lowest BCUT2D eigenvalue weighted by Gasteiger charge is -2.33. The molecule has 1 spiro atoms. The summed E-state index contributed by atoms with van der Waals surface area (Å²) in [7, 11) is 2.46. The van der Waals surface area contributed by atoms with Crippen molar-refractivity contribution in [1.29, 1.82) is 0 Å². The third-order valence-corrected chi connectivity index (χ3v) is 11.0. The van der Waals surface area contributed by atoms with E-state index in [1.807, 2.05) is 0 Å². The van der Waals surface area contributed by atoms with Crippen LogP contribution >= 0.6 is 21.6 Å². The van der Waals surface area contributed by atoms with E-state index in [2.05, 4.69) is 16.0 Å². The zero-order chi connectivity index (χ0) is 31.4. The fourth-order valence-corrected chi connectivity index (χ4v) is 8.51. The van der Waals surface area contributed by atoms with E-state index in [1.165, 1.54) is 21.6 Å². The second-order valence-electron chi connectivity index (χ2n) is 12.7. The van der Waals surface area contributed by atoms with Crippen molar-refractivity contribution in [1.82, 2.24) is 20.9 Å². The van der Waals surface area contributed by atoms with Gasteiger partial charge in [0.2, 0.25) is 23.6 Å². The van der Waals surface area contributed by atoms with Crippen molar-refractivity contribution in [2.75, 3.05) is 24.6 Å². The number of phenolic OH excluding ortho intramolecular Hbond substituents is 1. The summed E-state index contributed by atoms with van der Waals surface area (Å²) in [5.74, 6) is -2.38. The molecular weight excluding hydrogens is 592 g/mol. The van der Waals surface area contributed by atoms with Crippen LogP contribution in [0.1, 0.15) is 70.8 Å². The van der Waals surface area contributed by atoms with Crippen molar-refractivity contribution in [3.05, 3.63) is 29.8 Å². The molecule has 0 radical (unpaired) electrons. The van der Waals surface area contributed by atoms with Crippen LogP contribution in [0.4, 0.5) is 0 Å². The van der Waals surface area contributed by atoms with Crippen LogP contribution in [0, 0.1) is 10.8 Å². The number of carboxylic acids is 1. The van der Waals surface area contributed by atoms with Crippen molar-refractivity contribution in [2.24, 2.45) is 10.8 Å². The van der Waals surface area contributed by atoms with Gasteiger partial charge in [0.05, 0.1) is 5.41 Å². The summed E-state index contributed by atoms with van der Waals surface area (Å²) in [6, 6.07) is 3.73. The molecule has 2 aliphatic heterocycles. The number of phenols is 1. The molecule has 4 amide bonds. The molecular formula is C30H42N4O7S2. The smallest absolute Gasteiger partial charge is 0.327 e. The van der Waals surface area contributed by atoms with E-state index >= 15 is 0 Å². The predicted molar refractivity (Wildman–Crippen MR) is 165 cm³/mol. The summed E-state index contributed by atoms with van der Waals surface area (Å²) in [4.78, 5) is 67.6. The van der Waals surface area contributed by atoms with Gasteiger partial charge >= 0.3 is 5.97 Å². The number of carboxylic acid groups (broad SMARTS) is 1. The number of carbonyl (C=O) groups is 5. The van der Waals surface area contributed by atoms with Crippen LogP contribution in [0.15, 0.2) is 24.3 Å². The maximum atomic E-state index is 14.0. The van der Waals surface area contributed by atoms with Gasteiger partial charge in [-0.3, -0.25) is 19.2 Å². The third kappa shape index (κ3) is 7.78. The molecule has 3 fully saturated rings. The van der Waals surface area contributed by atoms with Crippen LogP contribution in [-0.2, 0) is 24.0 Å². The van der Waals surface area contributed by atoms with Crippen LogP contribution in [0.5, 0.6) is 5.75 Å². The van der Waals surface area contributed by atoms with E-state index in [1.54, 1.807) is 49.9 Å². The van der Waals surface area contributed by atoms with Gasteiger partial charge in [-0.2, -0.15) is 0 Å². The molecule has 1 aliphatic carbocycles. The molecule has 11 nitrogen and oxygen atoms in total. The minimum Gasteiger partial charge on any atom is -0.508 e. The van der Waals surface area contributed by atoms with Crippen LogP contribution in [-0.4, -0.2) is 87.4 Å². The van der Waals surface area contributed by atoms with E-state index in [0.717, 1.165) is 18.4 Å². The second-order valence-corrected chi connectivity index (χ2v) is 15.3. The molecule has 1 aromatic carbocycles. The molecule has 2 saturated heterocycles. The topological polar surface area (TPSA) is 165 Å². The number of benzene rings is 1. The fraction of sp³-hybridized carbons (Fsp3) is 0.633. The number of aliphatic carboxylic acids is 1. The van der Waals surface area contributed by atoms with Crippen LogP contribution < -0.4 is 16.0 Å². The number of nitrogens with one attached hydrogen (secondary N) is 3. The van der Waals surface area contributed by atoms with Gasteiger partial charge in [0, 0.05) is 35.9 Å². The quantitative estimate of drug-likeness (QED) is 0.313. The molecule has 1 aromatic rings. The Morgan fingerprint density at radius 2 is 1.67 bits per heavy atom. The van der Waals surface area contributed by atoms with Crippen molar-refractivity contribution >= 4 is 51.2 Å². The highest BCUT2D eigenvalue weighted by Crippen LogP contribution is 2.42. The number of hydrogen-bond acceptors (Lipinski definition) is 8. The minimum absolute atomic E-state index is 0.0991. The van der Waals surface area contributed by atoms with Gasteiger partial charge in [0.1, 0.15) is 23.9 Å². The molecule has 13 heteroatoms. The normalized spacial score (nSPS) is 26.9. The summed E-state index contributed by atoms with van der Waals surface area (Å²) < 4.78 is 0. The number of amides is 4. The van der Waals surface area contributed by atoms with Gasteiger partial charge in [-0.15, -0.1) is 0 Å². The minimum atomic E-state index is -1.12. The summed E-state index contributed by atoms with van der Waals surface area (Å²) in [6.07, 6.45) is 3.89. The highest BCUT2D eigenvalue weighted by molar-refractivity contribution is 8.76. The molecule has 43 heavy (non-hydrogen) atoms. The lowest BCUT2D eigenvalue weighted by molar-refractivity contribution is -0.145. The largest absolute Gasteiger partial charge is 0.508 e. The van der Waals surface area contributed by atoms with Crippen molar-refractivity contribution in [3.63, 3.8) is 0 Å². The van der Waals surface area contributed by atoms with Gasteiger partial charge < -0.3 is 31.1 Å². The van der Waals surface area contributed by atoms with Gasteiger partial charge in [-0.05, 0) is 43.4 Å². The first-order valence-corrected chi connectivity index (χ1v) is 17.3. The lowest BCUT2D eigenvalue weighted by Crippen LogP contribution is -2.56. The van der Waals surface area contributed by atoms with Crippen molar-refractivity contribution < 1.29 is 34.2 Å². The number of likely N-dealkylation sites (tertiary alicyclic amines) is 1. The molecule has 1 unspecified atom stereocenters. The SMILES string of the molecule is CC(C)(C)C(=O)N1CC[C@@H](c2ccc(O)cc2)C1C(=O)N[C@H]1CSSC[C@@H](C(=O)O)NC(=O)C2(CCCC2)CCNC1=O. The Labute approximate surface area is 260 Å². The number of carbonyl (C=O) groups excluding carboxylic acids is 4. The van der Waals surface area contributed by atoms with Gasteiger partial charge in [-0.25, -0.2) is 4.79 Å². The first-order valence-electron chi connectivity index (χ1n) is 14.8. The molecule has 5 N–H and O–H groups in total. The van der Waals surface area contributed by atoms with E-state index in [4.69, 9.17) is 0 Å². The van der Waals surface area contributed by atoms with Gasteiger partial charge in [0.25, 0.3) is 0 Å². The van der Waals surface area contributed by atoms with E-state index in [-0.39, 0.29) is 41.5 Å². The van der Waals surface area contributed by atoms with Crippen molar-refractivity contribution in [3.8, 4) is 5.75 Å². The van der Waals surface area contributed by atoms with Gasteiger partial charge in [-0.1, -0.05) is 67.3 Å². The Hall–Kier alpha value is -2.93. The Morgan fingerprint density at radius 3 is 2.30 bits per heavy atom. The number of rotatable bonds is 4. The zero-order valence-corrected chi connectivity index (χ0v) is 26.5. The monoisotopic (exact) mass is 634 g/mol. The standard InChI is InChI=1S/C30H42N4O7S2/c1-29(2,3)28(41)34-15-10-20(18-6-8-19(35)9-7-18)23(34)25(37)32-21-16-42-43-17-22(26(38)39)33-27(40)30(11-4-5-12-30)13-14-31-24(21)36/h6-9,20-23,35H,4-5,10-17H2,1-3H3,(H,31,36)(H,32,37)(H,33,40)(H,38,39)/t20-,21-,22-,23?/m0/s1. The average molecular weight is 635 g/mol. The molecule has 0 aromatic heterocycles. The number of hydrogen-bond donors (Lipinski definition) is 5. The van der Waals surface area contributed by atoms with Gasteiger partial charge in [0.15, 0.2) is 0 Å². The molecule has 0 bridgehead atoms. The Morgan fingerprint density at radius 1 is 1.02 bits per heavy atom. The summed E-state index contributed by atoms with van der Waals surface area (Å²) in [5, 5.41) is 28.1. The number of aromatic hydroxyl groups is 1. The van der Waals surface area contributed by atoms with E-state index in [9.17, 15) is 34.2 Å². The highest BCUT2D eigenvalue weighted by Gasteiger charge is 2.46.